The van der Waals surface area contributed by atoms with Crippen molar-refractivity contribution in [2.24, 2.45) is 5.92 Å². The van der Waals surface area contributed by atoms with E-state index in [1.807, 2.05) is 0 Å². The first-order valence-electron chi connectivity index (χ1n) is 7.32. The number of nitrogens with one attached hydrogen (secondary N) is 1. The molecular weight excluding hydrogens is 313 g/mol. The maximum Gasteiger partial charge on any atom is 0.389 e. The third kappa shape index (κ3) is 5.09. The van der Waals surface area contributed by atoms with Gasteiger partial charge in [0.25, 0.3) is 0 Å². The molecule has 1 aromatic rings. The highest BCUT2D eigenvalue weighted by atomic mass is 19.4. The van der Waals surface area contributed by atoms with Crippen LogP contribution in [0, 0.1) is 5.92 Å². The largest absolute Gasteiger partial charge is 0.481 e. The Balaban J connectivity index is 2.03. The Morgan fingerprint density at radius 3 is 2.65 bits per heavy atom. The molecule has 0 aromatic carbocycles. The van der Waals surface area contributed by atoms with Crippen LogP contribution in [0.2, 0.25) is 0 Å². The van der Waals surface area contributed by atoms with Crippen LogP contribution in [0.1, 0.15) is 37.3 Å². The maximum absolute atomic E-state index is 12.2. The van der Waals surface area contributed by atoms with Gasteiger partial charge in [0, 0.05) is 18.7 Å². The summed E-state index contributed by atoms with van der Waals surface area (Å²) in [6.45, 7) is 0. The summed E-state index contributed by atoms with van der Waals surface area (Å²) < 4.78 is 41.6. The minimum Gasteiger partial charge on any atom is -0.481 e. The van der Waals surface area contributed by atoms with Crippen molar-refractivity contribution in [2.75, 3.05) is 7.11 Å². The van der Waals surface area contributed by atoms with Crippen molar-refractivity contribution in [3.63, 3.8) is 0 Å². The molecule has 0 bridgehead atoms. The lowest BCUT2D eigenvalue weighted by atomic mass is 9.75. The zero-order valence-corrected chi connectivity index (χ0v) is 12.6. The monoisotopic (exact) mass is 332 g/mol. The first-order chi connectivity index (χ1) is 10.8. The topological polar surface area (TPSA) is 71.5 Å². The normalized spacial score (nSPS) is 22.1. The van der Waals surface area contributed by atoms with Gasteiger partial charge in [0.15, 0.2) is 0 Å². The van der Waals surface area contributed by atoms with Crippen molar-refractivity contribution in [1.82, 2.24) is 10.3 Å². The number of hydrogen-bond donors (Lipinski definition) is 2. The number of halogens is 3. The molecule has 1 fully saturated rings. The summed E-state index contributed by atoms with van der Waals surface area (Å²) >= 11 is 0. The van der Waals surface area contributed by atoms with Gasteiger partial charge in [0.1, 0.15) is 0 Å². The summed E-state index contributed by atoms with van der Waals surface area (Å²) in [5.74, 6) is -0.274. The lowest BCUT2D eigenvalue weighted by Gasteiger charge is -2.38. The minimum atomic E-state index is -4.36. The van der Waals surface area contributed by atoms with Crippen LogP contribution in [0.5, 0.6) is 5.88 Å². The number of carbonyl (C=O) groups excluding carboxylic acids is 1. The number of nitrogens with zero attached hydrogens (tertiary/aromatic N) is 1. The number of ether oxygens (including phenoxy) is 1. The standard InChI is InChI=1S/C15H19F3N2O3/c1-23-13-3-2-9(8-19-13)14(10-6-11(21)7-10)20-12(22)4-5-15(16,17)18/h2-3,8,10-11,14,21H,4-7H2,1H3,(H,20,22). The molecule has 2 N–H and O–H groups in total. The molecule has 1 atom stereocenters. The Morgan fingerprint density at radius 2 is 2.17 bits per heavy atom. The van der Waals surface area contributed by atoms with E-state index in [1.165, 1.54) is 13.3 Å². The van der Waals surface area contributed by atoms with Gasteiger partial charge in [0.05, 0.1) is 25.7 Å². The average Bonchev–Trinajstić information content (AvgIpc) is 2.47. The van der Waals surface area contributed by atoms with E-state index in [2.05, 4.69) is 10.3 Å². The fraction of sp³-hybridized carbons (Fsp3) is 0.600. The summed E-state index contributed by atoms with van der Waals surface area (Å²) in [6, 6.07) is 2.88. The number of alkyl halides is 3. The van der Waals surface area contributed by atoms with E-state index in [-0.39, 0.29) is 5.92 Å². The number of carbonyl (C=O) groups is 1. The molecule has 8 heteroatoms. The Bertz CT molecular complexity index is 528. The van der Waals surface area contributed by atoms with Crippen molar-refractivity contribution >= 4 is 5.91 Å². The van der Waals surface area contributed by atoms with Crippen molar-refractivity contribution in [3.05, 3.63) is 23.9 Å². The Morgan fingerprint density at radius 1 is 1.48 bits per heavy atom. The van der Waals surface area contributed by atoms with Gasteiger partial charge in [0.2, 0.25) is 11.8 Å². The number of methoxy groups -OCH3 is 1. The van der Waals surface area contributed by atoms with Gasteiger partial charge < -0.3 is 15.2 Å². The summed E-state index contributed by atoms with van der Waals surface area (Å²) in [6.07, 6.45) is -4.04. The predicted octanol–water partition coefficient (Wildman–Crippen LogP) is 2.36. The van der Waals surface area contributed by atoms with Gasteiger partial charge in [-0.05, 0) is 24.3 Å². The lowest BCUT2D eigenvalue weighted by Crippen LogP contribution is -2.41. The smallest absolute Gasteiger partial charge is 0.389 e. The molecule has 0 radical (unpaired) electrons. The summed E-state index contributed by atoms with van der Waals surface area (Å²) in [5, 5.41) is 12.1. The highest BCUT2D eigenvalue weighted by Gasteiger charge is 2.36. The fourth-order valence-electron chi connectivity index (χ4n) is 2.57. The number of aliphatic hydroxyl groups is 1. The molecule has 0 saturated heterocycles. The molecule has 1 heterocycles. The molecule has 2 rings (SSSR count). The van der Waals surface area contributed by atoms with E-state index < -0.39 is 37.1 Å². The maximum atomic E-state index is 12.2. The van der Waals surface area contributed by atoms with Crippen LogP contribution in [-0.2, 0) is 4.79 Å². The quantitative estimate of drug-likeness (QED) is 0.839. The van der Waals surface area contributed by atoms with Crippen molar-refractivity contribution in [1.29, 1.82) is 0 Å². The molecular formula is C15H19F3N2O3. The second kappa shape index (κ2) is 7.16. The van der Waals surface area contributed by atoms with E-state index in [0.29, 0.717) is 24.3 Å². The Labute approximate surface area is 131 Å². The predicted molar refractivity (Wildman–Crippen MR) is 75.7 cm³/mol. The molecule has 1 aromatic heterocycles. The van der Waals surface area contributed by atoms with E-state index in [1.54, 1.807) is 12.1 Å². The van der Waals surface area contributed by atoms with Gasteiger partial charge in [-0.1, -0.05) is 6.07 Å². The van der Waals surface area contributed by atoms with Gasteiger partial charge in [-0.3, -0.25) is 4.79 Å². The van der Waals surface area contributed by atoms with Crippen molar-refractivity contribution in [3.8, 4) is 5.88 Å². The molecule has 1 amide bonds. The summed E-state index contributed by atoms with van der Waals surface area (Å²) in [7, 11) is 1.47. The summed E-state index contributed by atoms with van der Waals surface area (Å²) in [5.41, 5.74) is 0.683. The van der Waals surface area contributed by atoms with Gasteiger partial charge >= 0.3 is 6.18 Å². The SMILES string of the molecule is COc1ccc(C(NC(=O)CCC(F)(F)F)C2CC(O)C2)cn1. The van der Waals surface area contributed by atoms with Crippen LogP contribution >= 0.6 is 0 Å². The zero-order valence-electron chi connectivity index (χ0n) is 12.6. The highest BCUT2D eigenvalue weighted by molar-refractivity contribution is 5.76. The van der Waals surface area contributed by atoms with E-state index in [9.17, 15) is 23.1 Å². The van der Waals surface area contributed by atoms with Crippen LogP contribution in [0.4, 0.5) is 13.2 Å². The number of hydrogen-bond acceptors (Lipinski definition) is 4. The van der Waals surface area contributed by atoms with Crippen LogP contribution < -0.4 is 10.1 Å². The Kier molecular flexibility index (Phi) is 5.46. The van der Waals surface area contributed by atoms with E-state index in [0.717, 1.165) is 0 Å². The zero-order chi connectivity index (χ0) is 17.0. The molecule has 0 aliphatic heterocycles. The lowest BCUT2D eigenvalue weighted by molar-refractivity contribution is -0.144. The third-order valence-corrected chi connectivity index (χ3v) is 3.90. The first-order valence-corrected chi connectivity index (χ1v) is 7.32. The minimum absolute atomic E-state index is 0.0185. The highest BCUT2D eigenvalue weighted by Crippen LogP contribution is 2.38. The molecule has 128 valence electrons. The van der Waals surface area contributed by atoms with Crippen molar-refractivity contribution in [2.45, 2.75) is 44.0 Å². The van der Waals surface area contributed by atoms with Gasteiger partial charge in [-0.2, -0.15) is 13.2 Å². The van der Waals surface area contributed by atoms with Gasteiger partial charge in [-0.25, -0.2) is 4.98 Å². The molecule has 5 nitrogen and oxygen atoms in total. The first kappa shape index (κ1) is 17.5. The van der Waals surface area contributed by atoms with Crippen LogP contribution in [0.15, 0.2) is 18.3 Å². The molecule has 23 heavy (non-hydrogen) atoms. The average molecular weight is 332 g/mol. The van der Waals surface area contributed by atoms with Crippen LogP contribution in [0.3, 0.4) is 0 Å². The number of aliphatic hydroxyl groups excluding tert-OH is 1. The number of aromatic nitrogens is 1. The second-order valence-corrected chi connectivity index (χ2v) is 5.68. The fourth-order valence-corrected chi connectivity index (χ4v) is 2.57. The number of pyridine rings is 1. The molecule has 1 unspecified atom stereocenters. The molecule has 0 spiro atoms. The molecule has 1 saturated carbocycles. The second-order valence-electron chi connectivity index (χ2n) is 5.68. The molecule has 1 aliphatic rings. The summed E-state index contributed by atoms with van der Waals surface area (Å²) in [4.78, 5) is 15.9. The third-order valence-electron chi connectivity index (χ3n) is 3.90. The number of amides is 1. The van der Waals surface area contributed by atoms with Gasteiger partial charge in [-0.15, -0.1) is 0 Å². The van der Waals surface area contributed by atoms with E-state index in [4.69, 9.17) is 4.74 Å². The number of rotatable bonds is 6. The van der Waals surface area contributed by atoms with Crippen molar-refractivity contribution < 1.29 is 27.8 Å². The Hall–Kier alpha value is -1.83. The van der Waals surface area contributed by atoms with E-state index >= 15 is 0 Å². The van der Waals surface area contributed by atoms with Crippen LogP contribution in [0.25, 0.3) is 0 Å². The molecule has 1 aliphatic carbocycles. The van der Waals surface area contributed by atoms with Crippen LogP contribution in [-0.4, -0.2) is 35.4 Å².